The highest BCUT2D eigenvalue weighted by Gasteiger charge is 2.21. The van der Waals surface area contributed by atoms with E-state index in [4.69, 9.17) is 4.74 Å². The zero-order valence-electron chi connectivity index (χ0n) is 16.8. The average molecular weight is 364 g/mol. The number of carbonyl (C=O) groups is 2. The Kier molecular flexibility index (Phi) is 8.92. The summed E-state index contributed by atoms with van der Waals surface area (Å²) in [5.41, 5.74) is 2.67. The maximum atomic E-state index is 12.5. The van der Waals surface area contributed by atoms with Crippen LogP contribution >= 0.6 is 0 Å². The molecule has 0 aliphatic carbocycles. The van der Waals surface area contributed by atoms with Crippen LogP contribution in [0.3, 0.4) is 0 Å². The minimum Gasteiger partial charge on any atom is -0.377 e. The minimum absolute atomic E-state index is 0.0476. The lowest BCUT2D eigenvalue weighted by molar-refractivity contribution is -0.138. The van der Waals surface area contributed by atoms with Crippen LogP contribution in [0.15, 0.2) is 18.2 Å². The molecule has 7 nitrogen and oxygen atoms in total. The van der Waals surface area contributed by atoms with Crippen molar-refractivity contribution in [2.75, 3.05) is 44.6 Å². The number of ether oxygens (including phenoxy) is 1. The predicted octanol–water partition coefficient (Wildman–Crippen LogP) is 2.67. The molecular weight excluding hydrogens is 332 g/mol. The highest BCUT2D eigenvalue weighted by atomic mass is 16.5. The third-order valence-corrected chi connectivity index (χ3v) is 4.21. The highest BCUT2D eigenvalue weighted by Crippen LogP contribution is 2.25. The summed E-state index contributed by atoms with van der Waals surface area (Å²) in [6.45, 7) is 7.01. The molecule has 1 atom stereocenters. The number of hydrogen-bond acceptors (Lipinski definition) is 4. The van der Waals surface area contributed by atoms with Gasteiger partial charge in [0.1, 0.15) is 6.61 Å². The molecule has 7 heteroatoms. The summed E-state index contributed by atoms with van der Waals surface area (Å²) in [6, 6.07) is 5.57. The van der Waals surface area contributed by atoms with Crippen LogP contribution in [0, 0.1) is 0 Å². The van der Waals surface area contributed by atoms with Crippen LogP contribution in [0.25, 0.3) is 0 Å². The smallest absolute Gasteiger partial charge is 0.319 e. The van der Waals surface area contributed by atoms with Crippen molar-refractivity contribution in [2.24, 2.45) is 0 Å². The molecule has 0 aliphatic rings. The molecule has 2 N–H and O–H groups in total. The van der Waals surface area contributed by atoms with Gasteiger partial charge in [0.2, 0.25) is 5.91 Å². The second-order valence-electron chi connectivity index (χ2n) is 6.43. The van der Waals surface area contributed by atoms with Crippen LogP contribution < -0.4 is 15.5 Å². The molecule has 0 heterocycles. The number of rotatable bonds is 9. The predicted molar refractivity (Wildman–Crippen MR) is 106 cm³/mol. The minimum atomic E-state index is -0.245. The van der Waals surface area contributed by atoms with Gasteiger partial charge < -0.3 is 25.2 Å². The van der Waals surface area contributed by atoms with Gasteiger partial charge in [0.05, 0.1) is 0 Å². The van der Waals surface area contributed by atoms with Crippen molar-refractivity contribution in [1.82, 2.24) is 10.2 Å². The molecule has 1 rings (SSSR count). The first kappa shape index (κ1) is 21.8. The molecule has 146 valence electrons. The van der Waals surface area contributed by atoms with Crippen LogP contribution in [0.4, 0.5) is 16.2 Å². The van der Waals surface area contributed by atoms with E-state index in [1.54, 1.807) is 0 Å². The monoisotopic (exact) mass is 364 g/mol. The largest absolute Gasteiger partial charge is 0.377 e. The number of methoxy groups -OCH3 is 1. The number of benzene rings is 1. The highest BCUT2D eigenvalue weighted by molar-refractivity contribution is 5.89. The number of urea groups is 1. The number of amides is 3. The van der Waals surface area contributed by atoms with Crippen LogP contribution in [-0.4, -0.2) is 57.2 Å². The Bertz CT molecular complexity index is 604. The molecule has 0 saturated heterocycles. The van der Waals surface area contributed by atoms with Gasteiger partial charge in [-0.05, 0) is 44.0 Å². The zero-order chi connectivity index (χ0) is 19.7. The van der Waals surface area contributed by atoms with E-state index in [0.29, 0.717) is 18.8 Å². The molecule has 0 bridgehead atoms. The van der Waals surface area contributed by atoms with Crippen molar-refractivity contribution in [2.45, 2.75) is 39.8 Å². The van der Waals surface area contributed by atoms with Gasteiger partial charge in [-0.1, -0.05) is 6.92 Å². The third kappa shape index (κ3) is 6.22. The SMILES string of the molecule is CCNC(=O)Nc1ccc(N(C)C)c(CN(C(=O)COC)[C@H](C)CC)c1. The van der Waals surface area contributed by atoms with Gasteiger partial charge in [-0.15, -0.1) is 0 Å². The quantitative estimate of drug-likeness (QED) is 0.706. The molecule has 0 aliphatic heterocycles. The van der Waals surface area contributed by atoms with Crippen molar-refractivity contribution < 1.29 is 14.3 Å². The van der Waals surface area contributed by atoms with Crippen molar-refractivity contribution in [3.05, 3.63) is 23.8 Å². The van der Waals surface area contributed by atoms with Crippen LogP contribution in [0.2, 0.25) is 0 Å². The molecular formula is C19H32N4O3. The lowest BCUT2D eigenvalue weighted by atomic mass is 10.1. The topological polar surface area (TPSA) is 73.9 Å². The zero-order valence-corrected chi connectivity index (χ0v) is 16.8. The van der Waals surface area contributed by atoms with Crippen molar-refractivity contribution in [1.29, 1.82) is 0 Å². The Morgan fingerprint density at radius 3 is 2.46 bits per heavy atom. The fourth-order valence-electron chi connectivity index (χ4n) is 2.66. The number of hydrogen-bond donors (Lipinski definition) is 2. The summed E-state index contributed by atoms with van der Waals surface area (Å²) in [7, 11) is 5.44. The number of nitrogens with one attached hydrogen (secondary N) is 2. The van der Waals surface area contributed by atoms with Gasteiger partial charge in [-0.3, -0.25) is 4.79 Å². The van der Waals surface area contributed by atoms with E-state index < -0.39 is 0 Å². The molecule has 3 amide bonds. The van der Waals surface area contributed by atoms with Gasteiger partial charge in [-0.2, -0.15) is 0 Å². The van der Waals surface area contributed by atoms with Gasteiger partial charge in [0.15, 0.2) is 0 Å². The van der Waals surface area contributed by atoms with Crippen LogP contribution in [-0.2, 0) is 16.1 Å². The summed E-state index contributed by atoms with van der Waals surface area (Å²) < 4.78 is 5.03. The number of anilines is 2. The molecule has 0 radical (unpaired) electrons. The molecule has 0 unspecified atom stereocenters. The van der Waals surface area contributed by atoms with E-state index in [2.05, 4.69) is 17.6 Å². The maximum Gasteiger partial charge on any atom is 0.319 e. The Balaban J connectivity index is 3.15. The van der Waals surface area contributed by atoms with E-state index in [9.17, 15) is 9.59 Å². The fourth-order valence-corrected chi connectivity index (χ4v) is 2.66. The van der Waals surface area contributed by atoms with Gasteiger partial charge in [-0.25, -0.2) is 4.79 Å². The molecule has 1 aromatic carbocycles. The number of nitrogens with zero attached hydrogens (tertiary/aromatic N) is 2. The number of carbonyl (C=O) groups excluding carboxylic acids is 2. The van der Waals surface area contributed by atoms with Crippen molar-refractivity contribution in [3.63, 3.8) is 0 Å². The second kappa shape index (κ2) is 10.7. The first-order chi connectivity index (χ1) is 12.3. The van der Waals surface area contributed by atoms with Crippen LogP contribution in [0.1, 0.15) is 32.8 Å². The second-order valence-corrected chi connectivity index (χ2v) is 6.43. The first-order valence-corrected chi connectivity index (χ1v) is 8.97. The molecule has 26 heavy (non-hydrogen) atoms. The standard InChI is InChI=1S/C19H32N4O3/c1-7-14(3)23(18(24)13-26-6)12-15-11-16(21-19(25)20-8-2)9-10-17(15)22(4)5/h9-11,14H,7-8,12-13H2,1-6H3,(H2,20,21,25)/t14-/m1/s1. The maximum absolute atomic E-state index is 12.5. The molecule has 0 spiro atoms. The van der Waals surface area contributed by atoms with Crippen molar-refractivity contribution in [3.8, 4) is 0 Å². The lowest BCUT2D eigenvalue weighted by Crippen LogP contribution is -2.40. The summed E-state index contributed by atoms with van der Waals surface area (Å²) >= 11 is 0. The third-order valence-electron chi connectivity index (χ3n) is 4.21. The summed E-state index contributed by atoms with van der Waals surface area (Å²) in [4.78, 5) is 28.1. The molecule has 1 aromatic rings. The molecule has 0 aromatic heterocycles. The normalized spacial score (nSPS) is 11.6. The van der Waals surface area contributed by atoms with E-state index >= 15 is 0 Å². The van der Waals surface area contributed by atoms with E-state index in [0.717, 1.165) is 17.7 Å². The van der Waals surface area contributed by atoms with E-state index in [1.165, 1.54) is 7.11 Å². The van der Waals surface area contributed by atoms with Crippen molar-refractivity contribution >= 4 is 23.3 Å². The average Bonchev–Trinajstić information content (AvgIpc) is 2.59. The molecule has 0 fully saturated rings. The Morgan fingerprint density at radius 1 is 1.23 bits per heavy atom. The van der Waals surface area contributed by atoms with Gasteiger partial charge in [0, 0.05) is 51.7 Å². The summed E-state index contributed by atoms with van der Waals surface area (Å²) in [5.74, 6) is -0.0476. The Morgan fingerprint density at radius 2 is 1.92 bits per heavy atom. The molecule has 0 saturated carbocycles. The first-order valence-electron chi connectivity index (χ1n) is 8.97. The van der Waals surface area contributed by atoms with Crippen LogP contribution in [0.5, 0.6) is 0 Å². The van der Waals surface area contributed by atoms with E-state index in [1.807, 2.05) is 55.9 Å². The summed E-state index contributed by atoms with van der Waals surface area (Å²) in [5, 5.41) is 5.54. The Hall–Kier alpha value is -2.28. The van der Waals surface area contributed by atoms with E-state index in [-0.39, 0.29) is 24.6 Å². The van der Waals surface area contributed by atoms with Gasteiger partial charge in [0.25, 0.3) is 0 Å². The Labute approximate surface area is 156 Å². The lowest BCUT2D eigenvalue weighted by Gasteiger charge is -2.30. The fraction of sp³-hybridized carbons (Fsp3) is 0.579. The van der Waals surface area contributed by atoms with Gasteiger partial charge >= 0.3 is 6.03 Å². The summed E-state index contributed by atoms with van der Waals surface area (Å²) in [6.07, 6.45) is 0.851.